The van der Waals surface area contributed by atoms with E-state index in [4.69, 9.17) is 0 Å². The predicted molar refractivity (Wildman–Crippen MR) is 97.8 cm³/mol. The first-order valence-corrected chi connectivity index (χ1v) is 8.23. The second kappa shape index (κ2) is 9.03. The number of nitrogens with zero attached hydrogens (tertiary/aromatic N) is 3. The maximum absolute atomic E-state index is 10.3. The fraction of sp³-hybridized carbons (Fsp3) is 0.368. The second-order valence-electron chi connectivity index (χ2n) is 5.77. The van der Waals surface area contributed by atoms with Gasteiger partial charge >= 0.3 is 0 Å². The number of aliphatic hydroxyl groups is 1. The van der Waals surface area contributed by atoms with Crippen molar-refractivity contribution in [3.63, 3.8) is 0 Å². The Balaban J connectivity index is 2.05. The van der Waals surface area contributed by atoms with E-state index in [0.717, 1.165) is 24.6 Å². The molecule has 24 heavy (non-hydrogen) atoms. The number of aliphatic hydroxyl groups excluding tert-OH is 1. The van der Waals surface area contributed by atoms with Crippen molar-refractivity contribution < 1.29 is 5.11 Å². The Morgan fingerprint density at radius 3 is 2.62 bits per heavy atom. The van der Waals surface area contributed by atoms with E-state index in [1.807, 2.05) is 38.2 Å². The topological polar surface area (TPSA) is 60.8 Å². The highest BCUT2D eigenvalue weighted by Gasteiger charge is 2.10. The van der Waals surface area contributed by atoms with Crippen molar-refractivity contribution in [2.45, 2.75) is 26.5 Å². The number of rotatable bonds is 6. The van der Waals surface area contributed by atoms with Crippen LogP contribution in [0.2, 0.25) is 0 Å². The highest BCUT2D eigenvalue weighted by atomic mass is 16.3. The Morgan fingerprint density at radius 1 is 1.25 bits per heavy atom. The first-order chi connectivity index (χ1) is 11.6. The van der Waals surface area contributed by atoms with Crippen molar-refractivity contribution in [1.29, 1.82) is 0 Å². The molecule has 128 valence electrons. The lowest BCUT2D eigenvalue weighted by Gasteiger charge is -2.23. The number of aryl methyl sites for hydroxylation is 1. The van der Waals surface area contributed by atoms with Gasteiger partial charge in [0.2, 0.25) is 0 Å². The number of guanidine groups is 1. The Hall–Kier alpha value is -2.40. The van der Waals surface area contributed by atoms with E-state index in [9.17, 15) is 5.11 Å². The van der Waals surface area contributed by atoms with Crippen LogP contribution in [0.3, 0.4) is 0 Å². The van der Waals surface area contributed by atoms with Gasteiger partial charge < -0.3 is 15.3 Å². The van der Waals surface area contributed by atoms with Gasteiger partial charge in [-0.2, -0.15) is 0 Å². The van der Waals surface area contributed by atoms with Crippen LogP contribution in [0.25, 0.3) is 0 Å². The summed E-state index contributed by atoms with van der Waals surface area (Å²) in [4.78, 5) is 10.6. The molecule has 0 spiro atoms. The lowest BCUT2D eigenvalue weighted by molar-refractivity contribution is 0.186. The lowest BCUT2D eigenvalue weighted by atomic mass is 10.1. The molecule has 2 aromatic rings. The van der Waals surface area contributed by atoms with Gasteiger partial charge in [-0.05, 0) is 42.7 Å². The van der Waals surface area contributed by atoms with E-state index in [-0.39, 0.29) is 0 Å². The van der Waals surface area contributed by atoms with E-state index in [1.54, 1.807) is 12.4 Å². The van der Waals surface area contributed by atoms with Crippen LogP contribution in [0, 0.1) is 6.92 Å². The van der Waals surface area contributed by atoms with Gasteiger partial charge in [-0.25, -0.2) is 0 Å². The Labute approximate surface area is 144 Å². The molecule has 0 aliphatic carbocycles. The summed E-state index contributed by atoms with van der Waals surface area (Å²) in [5.41, 5.74) is 3.35. The summed E-state index contributed by atoms with van der Waals surface area (Å²) in [7, 11) is 2.01. The van der Waals surface area contributed by atoms with Crippen LogP contribution in [0.1, 0.15) is 29.7 Å². The molecule has 0 aliphatic rings. The minimum Gasteiger partial charge on any atom is -0.386 e. The molecule has 0 fully saturated rings. The van der Waals surface area contributed by atoms with Crippen LogP contribution in [0.4, 0.5) is 0 Å². The zero-order valence-corrected chi connectivity index (χ0v) is 14.6. The normalized spacial score (nSPS) is 12.8. The molecule has 5 heteroatoms. The number of nitrogens with one attached hydrogen (secondary N) is 1. The van der Waals surface area contributed by atoms with Crippen LogP contribution in [0.15, 0.2) is 53.8 Å². The van der Waals surface area contributed by atoms with Crippen LogP contribution in [0.5, 0.6) is 0 Å². The SMILES string of the molecule is CCNC(=NCC(O)c1ccncc1)N(C)Cc1ccccc1C. The van der Waals surface area contributed by atoms with Crippen molar-refractivity contribution in [2.24, 2.45) is 4.99 Å². The number of pyridine rings is 1. The molecule has 2 rings (SSSR count). The smallest absolute Gasteiger partial charge is 0.194 e. The maximum Gasteiger partial charge on any atom is 0.194 e. The van der Waals surface area contributed by atoms with Gasteiger partial charge in [0.1, 0.15) is 0 Å². The Morgan fingerprint density at radius 2 is 1.96 bits per heavy atom. The van der Waals surface area contributed by atoms with Crippen LogP contribution in [-0.2, 0) is 6.54 Å². The fourth-order valence-corrected chi connectivity index (χ4v) is 2.45. The molecular weight excluding hydrogens is 300 g/mol. The van der Waals surface area contributed by atoms with Gasteiger partial charge in [0.15, 0.2) is 5.96 Å². The van der Waals surface area contributed by atoms with Crippen molar-refractivity contribution >= 4 is 5.96 Å². The molecule has 1 aromatic carbocycles. The molecule has 0 saturated heterocycles. The van der Waals surface area contributed by atoms with Gasteiger partial charge in [-0.1, -0.05) is 24.3 Å². The van der Waals surface area contributed by atoms with E-state index in [0.29, 0.717) is 6.54 Å². The fourth-order valence-electron chi connectivity index (χ4n) is 2.45. The third-order valence-corrected chi connectivity index (χ3v) is 3.87. The van der Waals surface area contributed by atoms with E-state index >= 15 is 0 Å². The van der Waals surface area contributed by atoms with Crippen molar-refractivity contribution in [3.8, 4) is 0 Å². The summed E-state index contributed by atoms with van der Waals surface area (Å²) >= 11 is 0. The molecule has 2 N–H and O–H groups in total. The van der Waals surface area contributed by atoms with Gasteiger partial charge in [0, 0.05) is 32.5 Å². The third kappa shape index (κ3) is 5.06. The largest absolute Gasteiger partial charge is 0.386 e. The summed E-state index contributed by atoms with van der Waals surface area (Å²) < 4.78 is 0. The summed E-state index contributed by atoms with van der Waals surface area (Å²) in [6, 6.07) is 12.0. The van der Waals surface area contributed by atoms with E-state index in [2.05, 4.69) is 39.2 Å². The molecule has 0 saturated carbocycles. The van der Waals surface area contributed by atoms with Crippen molar-refractivity contribution in [2.75, 3.05) is 20.1 Å². The van der Waals surface area contributed by atoms with Crippen molar-refractivity contribution in [3.05, 3.63) is 65.5 Å². The van der Waals surface area contributed by atoms with E-state index in [1.165, 1.54) is 11.1 Å². The molecule has 1 aromatic heterocycles. The zero-order valence-electron chi connectivity index (χ0n) is 14.6. The monoisotopic (exact) mass is 326 g/mol. The average Bonchev–Trinajstić information content (AvgIpc) is 2.61. The van der Waals surface area contributed by atoms with Gasteiger partial charge in [0.05, 0.1) is 12.6 Å². The molecule has 0 bridgehead atoms. The van der Waals surface area contributed by atoms with E-state index < -0.39 is 6.10 Å². The van der Waals surface area contributed by atoms with Crippen LogP contribution < -0.4 is 5.32 Å². The number of benzene rings is 1. The number of aromatic nitrogens is 1. The maximum atomic E-state index is 10.3. The predicted octanol–water partition coefficient (Wildman–Crippen LogP) is 2.52. The number of hydrogen-bond donors (Lipinski definition) is 2. The molecule has 1 atom stereocenters. The van der Waals surface area contributed by atoms with Gasteiger partial charge in [-0.3, -0.25) is 9.98 Å². The van der Waals surface area contributed by atoms with Crippen LogP contribution >= 0.6 is 0 Å². The summed E-state index contributed by atoms with van der Waals surface area (Å²) in [6.45, 7) is 6.01. The zero-order chi connectivity index (χ0) is 17.4. The second-order valence-corrected chi connectivity index (χ2v) is 5.77. The molecular formula is C19H26N4O. The highest BCUT2D eigenvalue weighted by Crippen LogP contribution is 2.12. The number of hydrogen-bond acceptors (Lipinski definition) is 3. The molecule has 0 aliphatic heterocycles. The summed E-state index contributed by atoms with van der Waals surface area (Å²) in [6.07, 6.45) is 2.73. The van der Waals surface area contributed by atoms with Crippen LogP contribution in [-0.4, -0.2) is 41.1 Å². The lowest BCUT2D eigenvalue weighted by Crippen LogP contribution is -2.38. The molecule has 1 unspecified atom stereocenters. The standard InChI is InChI=1S/C19H26N4O/c1-4-21-19(22-13-18(24)16-9-11-20-12-10-16)23(3)14-17-8-6-5-7-15(17)2/h5-12,18,24H,4,13-14H2,1-3H3,(H,21,22). The minimum absolute atomic E-state index is 0.310. The quantitative estimate of drug-likeness (QED) is 0.632. The molecule has 0 radical (unpaired) electrons. The molecule has 0 amide bonds. The summed E-state index contributed by atoms with van der Waals surface area (Å²) in [5.74, 6) is 0.786. The number of aliphatic imine (C=N–C) groups is 1. The van der Waals surface area contributed by atoms with Gasteiger partial charge in [-0.15, -0.1) is 0 Å². The first kappa shape index (κ1) is 17.9. The Bertz CT molecular complexity index is 657. The van der Waals surface area contributed by atoms with Gasteiger partial charge in [0.25, 0.3) is 0 Å². The minimum atomic E-state index is -0.631. The van der Waals surface area contributed by atoms with Crippen molar-refractivity contribution in [1.82, 2.24) is 15.2 Å². The Kier molecular flexibility index (Phi) is 6.75. The first-order valence-electron chi connectivity index (χ1n) is 8.23. The molecule has 1 heterocycles. The average molecular weight is 326 g/mol. The third-order valence-electron chi connectivity index (χ3n) is 3.87. The molecule has 5 nitrogen and oxygen atoms in total. The highest BCUT2D eigenvalue weighted by molar-refractivity contribution is 5.79. The summed E-state index contributed by atoms with van der Waals surface area (Å²) in [5, 5.41) is 13.6.